The standard InChI is InChI=1S/C17H17N5S/c1-23-9-8-15(20-16-7-6-12(10-18)11-19-16)17-21-13-4-2-3-5-14(13)22-17/h2-7,11,15H,8-9H2,1H3,(H,19,20)(H,21,22)/t15-/m0/s1. The van der Waals surface area contributed by atoms with Crippen LogP contribution in [0.2, 0.25) is 0 Å². The van der Waals surface area contributed by atoms with Gasteiger partial charge in [-0.1, -0.05) is 12.1 Å². The zero-order valence-corrected chi connectivity index (χ0v) is 13.6. The summed E-state index contributed by atoms with van der Waals surface area (Å²) in [5.41, 5.74) is 2.55. The van der Waals surface area contributed by atoms with Gasteiger partial charge in [-0.05, 0) is 42.7 Å². The molecule has 23 heavy (non-hydrogen) atoms. The van der Waals surface area contributed by atoms with Gasteiger partial charge in [0.15, 0.2) is 0 Å². The number of para-hydroxylation sites is 2. The van der Waals surface area contributed by atoms with Crippen LogP contribution in [0.4, 0.5) is 5.82 Å². The summed E-state index contributed by atoms with van der Waals surface area (Å²) < 4.78 is 0. The van der Waals surface area contributed by atoms with E-state index in [1.807, 2.05) is 30.3 Å². The number of anilines is 1. The maximum atomic E-state index is 8.86. The molecule has 3 aromatic rings. The van der Waals surface area contributed by atoms with Crippen molar-refractivity contribution < 1.29 is 0 Å². The Bertz CT molecular complexity index is 786. The zero-order chi connectivity index (χ0) is 16.1. The number of aromatic amines is 1. The molecule has 0 radical (unpaired) electrons. The van der Waals surface area contributed by atoms with Gasteiger partial charge in [0.25, 0.3) is 0 Å². The van der Waals surface area contributed by atoms with Gasteiger partial charge in [-0.15, -0.1) is 0 Å². The van der Waals surface area contributed by atoms with E-state index in [0.29, 0.717) is 5.56 Å². The number of hydrogen-bond donors (Lipinski definition) is 2. The van der Waals surface area contributed by atoms with Crippen molar-refractivity contribution >= 4 is 28.6 Å². The van der Waals surface area contributed by atoms with Gasteiger partial charge >= 0.3 is 0 Å². The molecule has 116 valence electrons. The van der Waals surface area contributed by atoms with E-state index < -0.39 is 0 Å². The molecule has 2 heterocycles. The number of imidazole rings is 1. The van der Waals surface area contributed by atoms with Crippen molar-refractivity contribution in [1.29, 1.82) is 5.26 Å². The maximum absolute atomic E-state index is 8.86. The summed E-state index contributed by atoms with van der Waals surface area (Å²) in [6, 6.07) is 13.7. The third kappa shape index (κ3) is 3.63. The molecule has 5 nitrogen and oxygen atoms in total. The SMILES string of the molecule is CSCC[C@H](Nc1ccc(C#N)cn1)c1nc2ccccc2[nH]1. The van der Waals surface area contributed by atoms with Crippen molar-refractivity contribution in [3.63, 3.8) is 0 Å². The first-order valence-electron chi connectivity index (χ1n) is 7.36. The van der Waals surface area contributed by atoms with Crippen LogP contribution in [-0.4, -0.2) is 27.0 Å². The first kappa shape index (κ1) is 15.4. The Hall–Kier alpha value is -2.52. The van der Waals surface area contributed by atoms with Crippen LogP contribution in [0, 0.1) is 11.3 Å². The number of nitrogens with one attached hydrogen (secondary N) is 2. The number of rotatable bonds is 6. The molecule has 1 aromatic carbocycles. The molecule has 1 atom stereocenters. The van der Waals surface area contributed by atoms with E-state index in [9.17, 15) is 0 Å². The third-order valence-corrected chi connectivity index (χ3v) is 4.21. The first-order chi connectivity index (χ1) is 11.3. The van der Waals surface area contributed by atoms with Gasteiger partial charge in [-0.2, -0.15) is 17.0 Å². The van der Waals surface area contributed by atoms with E-state index in [4.69, 9.17) is 5.26 Å². The van der Waals surface area contributed by atoms with Gasteiger partial charge in [0.05, 0.1) is 22.6 Å². The minimum absolute atomic E-state index is 0.0512. The van der Waals surface area contributed by atoms with Gasteiger partial charge < -0.3 is 10.3 Å². The van der Waals surface area contributed by atoms with Crippen LogP contribution < -0.4 is 5.32 Å². The predicted molar refractivity (Wildman–Crippen MR) is 94.4 cm³/mol. The number of aromatic nitrogens is 3. The largest absolute Gasteiger partial charge is 0.360 e. The number of pyridine rings is 1. The summed E-state index contributed by atoms with van der Waals surface area (Å²) in [4.78, 5) is 12.4. The highest BCUT2D eigenvalue weighted by Gasteiger charge is 2.16. The molecule has 0 saturated carbocycles. The Morgan fingerprint density at radius 1 is 1.30 bits per heavy atom. The van der Waals surface area contributed by atoms with E-state index in [2.05, 4.69) is 32.6 Å². The molecule has 0 spiro atoms. The van der Waals surface area contributed by atoms with Crippen molar-refractivity contribution in [3.05, 3.63) is 54.0 Å². The number of fused-ring (bicyclic) bond motifs is 1. The van der Waals surface area contributed by atoms with E-state index in [-0.39, 0.29) is 6.04 Å². The topological polar surface area (TPSA) is 77.4 Å². The number of thioether (sulfide) groups is 1. The van der Waals surface area contributed by atoms with Gasteiger partial charge in [0.2, 0.25) is 0 Å². The smallest absolute Gasteiger partial charge is 0.129 e. The second kappa shape index (κ2) is 7.16. The maximum Gasteiger partial charge on any atom is 0.129 e. The Morgan fingerprint density at radius 3 is 2.87 bits per heavy atom. The normalized spacial score (nSPS) is 12.0. The minimum Gasteiger partial charge on any atom is -0.360 e. The predicted octanol–water partition coefficient (Wildman–Crippen LogP) is 3.74. The molecule has 0 aliphatic carbocycles. The number of hydrogen-bond acceptors (Lipinski definition) is 5. The van der Waals surface area contributed by atoms with Crippen LogP contribution in [-0.2, 0) is 0 Å². The molecule has 2 N–H and O–H groups in total. The molecule has 0 aliphatic heterocycles. The average Bonchev–Trinajstić information content (AvgIpc) is 3.03. The zero-order valence-electron chi connectivity index (χ0n) is 12.8. The summed E-state index contributed by atoms with van der Waals surface area (Å²) in [6.07, 6.45) is 4.60. The fourth-order valence-electron chi connectivity index (χ4n) is 2.37. The summed E-state index contributed by atoms with van der Waals surface area (Å²) >= 11 is 1.80. The summed E-state index contributed by atoms with van der Waals surface area (Å²) in [5.74, 6) is 2.67. The molecule has 0 aliphatic rings. The number of nitrogens with zero attached hydrogens (tertiary/aromatic N) is 3. The molecule has 0 saturated heterocycles. The Morgan fingerprint density at radius 2 is 2.17 bits per heavy atom. The molecule has 0 fully saturated rings. The Kier molecular flexibility index (Phi) is 4.79. The monoisotopic (exact) mass is 323 g/mol. The highest BCUT2D eigenvalue weighted by atomic mass is 32.2. The quantitative estimate of drug-likeness (QED) is 0.722. The molecule has 0 unspecified atom stereocenters. The molecule has 2 aromatic heterocycles. The molecule has 6 heteroatoms. The molecule has 0 bridgehead atoms. The number of nitriles is 1. The Balaban J connectivity index is 1.85. The second-order valence-electron chi connectivity index (χ2n) is 5.16. The van der Waals surface area contributed by atoms with Crippen LogP contribution in [0.5, 0.6) is 0 Å². The van der Waals surface area contributed by atoms with Gasteiger partial charge in [0, 0.05) is 6.20 Å². The van der Waals surface area contributed by atoms with E-state index in [1.165, 1.54) is 0 Å². The second-order valence-corrected chi connectivity index (χ2v) is 6.15. The fraction of sp³-hybridized carbons (Fsp3) is 0.235. The van der Waals surface area contributed by atoms with Gasteiger partial charge in [-0.25, -0.2) is 9.97 Å². The highest BCUT2D eigenvalue weighted by molar-refractivity contribution is 7.98. The van der Waals surface area contributed by atoms with Crippen molar-refractivity contribution in [2.75, 3.05) is 17.3 Å². The molecule has 3 rings (SSSR count). The fourth-order valence-corrected chi connectivity index (χ4v) is 2.85. The Labute approximate surface area is 139 Å². The van der Waals surface area contributed by atoms with Crippen molar-refractivity contribution in [2.45, 2.75) is 12.5 Å². The van der Waals surface area contributed by atoms with Crippen LogP contribution in [0.3, 0.4) is 0 Å². The molecular formula is C17H17N5S. The van der Waals surface area contributed by atoms with Gasteiger partial charge in [0.1, 0.15) is 17.7 Å². The first-order valence-corrected chi connectivity index (χ1v) is 8.76. The highest BCUT2D eigenvalue weighted by Crippen LogP contribution is 2.23. The summed E-state index contributed by atoms with van der Waals surface area (Å²) in [7, 11) is 0. The van der Waals surface area contributed by atoms with Crippen LogP contribution in [0.15, 0.2) is 42.6 Å². The lowest BCUT2D eigenvalue weighted by Crippen LogP contribution is -2.14. The summed E-state index contributed by atoms with van der Waals surface area (Å²) in [5, 5.41) is 12.3. The average molecular weight is 323 g/mol. The molecule has 0 amide bonds. The van der Waals surface area contributed by atoms with Crippen molar-refractivity contribution in [1.82, 2.24) is 15.0 Å². The lowest BCUT2D eigenvalue weighted by molar-refractivity contribution is 0.709. The molecular weight excluding hydrogens is 306 g/mol. The van der Waals surface area contributed by atoms with Crippen LogP contribution >= 0.6 is 11.8 Å². The van der Waals surface area contributed by atoms with Crippen molar-refractivity contribution in [2.24, 2.45) is 0 Å². The minimum atomic E-state index is 0.0512. The van der Waals surface area contributed by atoms with Gasteiger partial charge in [-0.3, -0.25) is 0 Å². The third-order valence-electron chi connectivity index (χ3n) is 3.56. The van der Waals surface area contributed by atoms with Crippen LogP contribution in [0.1, 0.15) is 23.9 Å². The van der Waals surface area contributed by atoms with E-state index >= 15 is 0 Å². The number of H-pyrrole nitrogens is 1. The number of benzene rings is 1. The lowest BCUT2D eigenvalue weighted by Gasteiger charge is -2.16. The van der Waals surface area contributed by atoms with Crippen LogP contribution in [0.25, 0.3) is 11.0 Å². The summed E-state index contributed by atoms with van der Waals surface area (Å²) in [6.45, 7) is 0. The van der Waals surface area contributed by atoms with E-state index in [0.717, 1.165) is 34.8 Å². The lowest BCUT2D eigenvalue weighted by atomic mass is 10.2. The van der Waals surface area contributed by atoms with Crippen molar-refractivity contribution in [3.8, 4) is 6.07 Å². The van der Waals surface area contributed by atoms with E-state index in [1.54, 1.807) is 24.0 Å².